The van der Waals surface area contributed by atoms with Crippen LogP contribution < -0.4 is 26.6 Å². The Labute approximate surface area is 803 Å². The van der Waals surface area contributed by atoms with E-state index < -0.39 is 451 Å². The summed E-state index contributed by atoms with van der Waals surface area (Å²) in [6.07, 6.45) is -110. The highest BCUT2D eigenvalue weighted by atomic mass is 16.8. The van der Waals surface area contributed by atoms with Crippen LogP contribution in [0.2, 0.25) is 0 Å². The van der Waals surface area contributed by atoms with Gasteiger partial charge in [0.15, 0.2) is 62.9 Å². The average Bonchev–Trinajstić information content (AvgIpc) is 0.761. The molecule has 0 aromatic heterocycles. The average molecular weight is 2080 g/mol. The number of carbonyl (C=O) groups is 6. The second-order valence-electron chi connectivity index (χ2n) is 36.0. The molecule has 0 aromatic carbocycles. The lowest BCUT2D eigenvalue weighted by atomic mass is 9.88. The van der Waals surface area contributed by atoms with Crippen molar-refractivity contribution in [2.75, 3.05) is 66.1 Å². The topological polar surface area (TPSA) is 984 Å². The molecule has 11 rings (SSSR count). The molecule has 0 saturated carbocycles. The van der Waals surface area contributed by atoms with E-state index in [1.807, 2.05) is 0 Å². The van der Waals surface area contributed by atoms with Gasteiger partial charge in [-0.15, -0.1) is 0 Å². The number of carbonyl (C=O) groups excluding carboxylic acids is 5. The minimum absolute atomic E-state index is 0.848. The summed E-state index contributed by atoms with van der Waals surface area (Å²) in [5.74, 6) is -10.0. The maximum Gasteiger partial charge on any atom is 0.364 e. The van der Waals surface area contributed by atoms with Gasteiger partial charge in [-0.3, -0.25) is 24.0 Å². The fourth-order valence-electron chi connectivity index (χ4n) is 18.3. The highest BCUT2D eigenvalue weighted by Crippen LogP contribution is 2.43. The van der Waals surface area contributed by atoms with Crippen LogP contribution in [-0.2, 0) is 128 Å². The van der Waals surface area contributed by atoms with E-state index in [-0.39, 0.29) is 0 Å². The molecular weight excluding hydrogens is 1950 g/mol. The van der Waals surface area contributed by atoms with Gasteiger partial charge in [-0.05, 0) is 6.92 Å². The van der Waals surface area contributed by atoms with Gasteiger partial charge in [0.1, 0.15) is 256 Å². The number of amides is 5. The highest BCUT2D eigenvalue weighted by Gasteiger charge is 2.64. The smallest absolute Gasteiger partial charge is 0.364 e. The molecule has 0 radical (unpaired) electrons. The molecule has 0 bridgehead atoms. The molecule has 56 atom stereocenters. The summed E-state index contributed by atoms with van der Waals surface area (Å²) in [7, 11) is 0. The molecule has 1 unspecified atom stereocenters. The Morgan fingerprint density at radius 3 is 1.05 bits per heavy atom. The fraction of sp³-hybridized carbons (Fsp3) is 0.924. The van der Waals surface area contributed by atoms with E-state index in [0.29, 0.717) is 0 Å². The van der Waals surface area contributed by atoms with Crippen LogP contribution in [0, 0.1) is 0 Å². The standard InChI is InChI=1S/C79H131N5O58/c1-18-40(99)51(110)56(115)72(125-18)122-16-34-63(47(106)36(68(119)126-34)81-20(3)93)135-69-37(82-21(4)94)48(107)62(31(14-91)130-69)138-75-59(118)65(46(105)32(133-75)15-123-76-66(54(113)43(102)27(10-87)128-76)140-70-38(83-22(5)95)49(108)60(29(12-89)131-70)136-73-57(116)52(111)42(101)26(9-86)127-73)139-77-67(55(114)44(103)28(11-88)129-77)141-71-39(84-23(6)96)50(109)61(30(13-90)132-71)137-74-58(117)53(112)45(104)33(134-74)17-124-79(78(120)121)7-24(97)35(80-19(2)92)64(142-79)41(100)25(98)8-85/h18,24-77,85-91,97-119H,7-17H2,1-6H3,(H,80,92)(H,81,93)(H,82,94)(H,83,95)(H,84,96)(H,120,121)/t18-,24-,25+,26+,27+,28+,29+,30+,31+,32+,33+,34+,35+,36+,37+,38+,39+,40+,41+,42-,43+,44+,45-,46+,47+,48+,49+,50+,51+,52-,53-,54-,55-,56-,57+,58+,59-,60+,61+,62+,63+,64+,65-,66-,67-,68?,69-,70-,71-,72+,73-,74-,75-,76-,77+,79+/m0/s1. The maximum absolute atomic E-state index is 13.4. The molecule has 11 saturated heterocycles. The van der Waals surface area contributed by atoms with Gasteiger partial charge in [-0.2, -0.15) is 0 Å². The quantitative estimate of drug-likeness (QED) is 0.0273. The number of carboxylic acids is 1. The molecule has 0 aromatic rings. The van der Waals surface area contributed by atoms with E-state index in [1.54, 1.807) is 0 Å². The summed E-state index contributed by atoms with van der Waals surface area (Å²) >= 11 is 0. The maximum atomic E-state index is 13.4. The Kier molecular flexibility index (Phi) is 41.7. The first-order valence-electron chi connectivity index (χ1n) is 45.1. The Hall–Kier alpha value is -5.22. The number of rotatable bonds is 38. The number of carboxylic acid groups (broad SMARTS) is 1. The number of nitrogens with one attached hydrogen (secondary N) is 5. The van der Waals surface area contributed by atoms with E-state index >= 15 is 0 Å². The first-order chi connectivity index (χ1) is 66.9. The molecule has 11 fully saturated rings. The van der Waals surface area contributed by atoms with Gasteiger partial charge in [0.2, 0.25) is 29.5 Å². The highest BCUT2D eigenvalue weighted by molar-refractivity contribution is 5.77. The number of aliphatic hydroxyl groups is 30. The molecule has 11 heterocycles. The van der Waals surface area contributed by atoms with Crippen LogP contribution in [0.15, 0.2) is 0 Å². The van der Waals surface area contributed by atoms with Gasteiger partial charge in [-0.25, -0.2) is 4.79 Å². The van der Waals surface area contributed by atoms with E-state index in [4.69, 9.17) is 99.5 Å². The third kappa shape index (κ3) is 26.0. The van der Waals surface area contributed by atoms with E-state index in [9.17, 15) is 187 Å². The molecule has 0 aliphatic carbocycles. The normalized spacial score (nSPS) is 48.0. The summed E-state index contributed by atoms with van der Waals surface area (Å²) in [6.45, 7) is -5.99. The first kappa shape index (κ1) is 117. The van der Waals surface area contributed by atoms with Crippen molar-refractivity contribution in [1.29, 1.82) is 0 Å². The monoisotopic (exact) mass is 2080 g/mol. The predicted molar refractivity (Wildman–Crippen MR) is 436 cm³/mol. The zero-order valence-electron chi connectivity index (χ0n) is 76.4. The predicted octanol–water partition coefficient (Wildman–Crippen LogP) is -24.0. The molecule has 0 spiro atoms. The van der Waals surface area contributed by atoms with Crippen molar-refractivity contribution in [3.8, 4) is 0 Å². The van der Waals surface area contributed by atoms with Gasteiger partial charge in [-0.1, -0.05) is 0 Å². The molecule has 11 aliphatic heterocycles. The molecule has 142 heavy (non-hydrogen) atoms. The summed E-state index contributed by atoms with van der Waals surface area (Å²) < 4.78 is 125. The lowest BCUT2D eigenvalue weighted by molar-refractivity contribution is -0.399. The van der Waals surface area contributed by atoms with Crippen molar-refractivity contribution in [2.24, 2.45) is 0 Å². The van der Waals surface area contributed by atoms with Crippen molar-refractivity contribution >= 4 is 35.5 Å². The van der Waals surface area contributed by atoms with Crippen LogP contribution in [0.25, 0.3) is 0 Å². The largest absolute Gasteiger partial charge is 0.477 e. The van der Waals surface area contributed by atoms with Crippen molar-refractivity contribution in [2.45, 2.75) is 391 Å². The van der Waals surface area contributed by atoms with Gasteiger partial charge >= 0.3 is 5.97 Å². The van der Waals surface area contributed by atoms with Crippen LogP contribution in [-0.4, -0.2) is 603 Å². The number of ether oxygens (including phenoxy) is 21. The van der Waals surface area contributed by atoms with Crippen LogP contribution >= 0.6 is 0 Å². The number of aliphatic hydroxyl groups excluding tert-OH is 30. The minimum atomic E-state index is -3.12. The van der Waals surface area contributed by atoms with Crippen molar-refractivity contribution in [3.63, 3.8) is 0 Å². The number of aliphatic carboxylic acids is 1. The third-order valence-electron chi connectivity index (χ3n) is 25.9. The first-order valence-corrected chi connectivity index (χ1v) is 45.1. The van der Waals surface area contributed by atoms with E-state index in [0.717, 1.165) is 34.6 Å². The molecule has 5 amide bonds. The van der Waals surface area contributed by atoms with Crippen LogP contribution in [0.4, 0.5) is 0 Å². The molecular formula is C79H131N5O58. The SMILES string of the molecule is CC(=O)N[C@H]1[C@H](O[C@H]2[C@H](O)[C@@H](NC(C)=O)C(O)O[C@@H]2CO[C@@H]2O[C@@H](C)[C@@H](O)[C@@H](O)[C@@H]2O)O[C@H](CO)[C@@H](O[C@@H]2O[C@H](CO[C@H]3O[C@H](CO)[C@@H](O)[C@H](O)[C@@H]3O[C@@H]3O[C@H](CO)[C@@H](O[C@@H]4O[C@H](CO)[C@H](O)[C@H](O)[C@H]4O)[C@H](O)[C@H]3NC(C)=O)[C@@H](O)[C@H](O[C@H]3O[C@H](CO)[C@@H](O)[C@H](O)[C@@H]3O[C@@H]3O[C@H](CO)[C@@H](O[C@@H]4O[C@H](CO[C@]5(C(=O)O)C[C@H](O)[C@@H](NC(C)=O)[C@H]([C@H](O)[C@H](O)CO)O5)[C@H](O)[C@H](O)[C@H]4O)[C@H](O)[C@H]3NC(C)=O)[C@@H]2O)[C@@H]1O. The zero-order valence-corrected chi connectivity index (χ0v) is 76.4. The Bertz CT molecular complexity index is 4010. The van der Waals surface area contributed by atoms with Gasteiger partial charge in [0, 0.05) is 41.0 Å². The summed E-state index contributed by atoms with van der Waals surface area (Å²) in [5, 5.41) is 360. The second kappa shape index (κ2) is 50.6. The van der Waals surface area contributed by atoms with Crippen LogP contribution in [0.1, 0.15) is 48.0 Å². The van der Waals surface area contributed by atoms with Crippen molar-refractivity contribution in [1.82, 2.24) is 26.6 Å². The van der Waals surface area contributed by atoms with E-state index in [2.05, 4.69) is 26.6 Å². The Balaban J connectivity index is 0.908. The van der Waals surface area contributed by atoms with Crippen molar-refractivity contribution < 1.29 is 287 Å². The van der Waals surface area contributed by atoms with Crippen LogP contribution in [0.5, 0.6) is 0 Å². The number of hydrogen-bond acceptors (Lipinski definition) is 57. The van der Waals surface area contributed by atoms with Crippen molar-refractivity contribution in [3.05, 3.63) is 0 Å². The summed E-state index contributed by atoms with van der Waals surface area (Å²) in [5.41, 5.74) is 0. The lowest BCUT2D eigenvalue weighted by Gasteiger charge is -2.51. The Morgan fingerprint density at radius 2 is 0.620 bits per heavy atom. The third-order valence-corrected chi connectivity index (χ3v) is 25.9. The second-order valence-corrected chi connectivity index (χ2v) is 36.0. The van der Waals surface area contributed by atoms with E-state index in [1.165, 1.54) is 6.92 Å². The van der Waals surface area contributed by atoms with Crippen LogP contribution in [0.3, 0.4) is 0 Å². The summed E-state index contributed by atoms with van der Waals surface area (Å²) in [6, 6.07) is -9.70. The Morgan fingerprint density at radius 1 is 0.303 bits per heavy atom. The molecule has 63 nitrogen and oxygen atoms in total. The summed E-state index contributed by atoms with van der Waals surface area (Å²) in [4.78, 5) is 77.5. The van der Waals surface area contributed by atoms with Gasteiger partial charge in [0.25, 0.3) is 5.79 Å². The molecule has 63 heteroatoms. The van der Waals surface area contributed by atoms with Gasteiger partial charge < -0.3 is 284 Å². The minimum Gasteiger partial charge on any atom is -0.477 e. The van der Waals surface area contributed by atoms with Gasteiger partial charge in [0.05, 0.1) is 84.3 Å². The molecule has 11 aliphatic rings. The molecule has 36 N–H and O–H groups in total. The molecule has 820 valence electrons. The zero-order chi connectivity index (χ0) is 105. The lowest BCUT2D eigenvalue weighted by Crippen LogP contribution is -2.71. The fourth-order valence-corrected chi connectivity index (χ4v) is 18.3. The number of hydrogen-bond donors (Lipinski definition) is 36.